The molecule has 1 amide bonds. The van der Waals surface area contributed by atoms with E-state index in [0.717, 1.165) is 29.1 Å². The highest BCUT2D eigenvalue weighted by Gasteiger charge is 2.38. The SMILES string of the molecule is NS(=O)(=O)c1ccc(CNC(=O)C2CC3CCCCC3N2)s1. The maximum Gasteiger partial charge on any atom is 0.247 e. The van der Waals surface area contributed by atoms with Crippen LogP contribution in [0.15, 0.2) is 16.3 Å². The van der Waals surface area contributed by atoms with Crippen molar-refractivity contribution in [1.82, 2.24) is 10.6 Å². The van der Waals surface area contributed by atoms with E-state index in [1.54, 1.807) is 6.07 Å². The van der Waals surface area contributed by atoms with Gasteiger partial charge in [-0.3, -0.25) is 4.79 Å². The van der Waals surface area contributed by atoms with Crippen LogP contribution in [0.5, 0.6) is 0 Å². The van der Waals surface area contributed by atoms with Gasteiger partial charge in [0.05, 0.1) is 12.6 Å². The molecule has 6 nitrogen and oxygen atoms in total. The van der Waals surface area contributed by atoms with Gasteiger partial charge in [-0.05, 0) is 37.3 Å². The number of primary sulfonamides is 1. The largest absolute Gasteiger partial charge is 0.350 e. The second-order valence-corrected chi connectivity index (χ2v) is 9.05. The first-order valence-electron chi connectivity index (χ1n) is 7.59. The molecule has 1 saturated carbocycles. The van der Waals surface area contributed by atoms with Crippen LogP contribution in [-0.4, -0.2) is 26.4 Å². The summed E-state index contributed by atoms with van der Waals surface area (Å²) in [6.45, 7) is 0.340. The summed E-state index contributed by atoms with van der Waals surface area (Å²) in [5.41, 5.74) is 0. The lowest BCUT2D eigenvalue weighted by Crippen LogP contribution is -2.42. The molecule has 1 aliphatic heterocycles. The number of sulfonamides is 1. The number of carbonyl (C=O) groups is 1. The summed E-state index contributed by atoms with van der Waals surface area (Å²) in [6, 6.07) is 3.53. The van der Waals surface area contributed by atoms with Crippen LogP contribution in [0.1, 0.15) is 37.0 Å². The fourth-order valence-electron chi connectivity index (χ4n) is 3.42. The van der Waals surface area contributed by atoms with E-state index < -0.39 is 10.0 Å². The summed E-state index contributed by atoms with van der Waals surface area (Å²) < 4.78 is 22.6. The number of hydrogen-bond acceptors (Lipinski definition) is 5. The average Bonchev–Trinajstić information content (AvgIpc) is 3.10. The molecular formula is C14H21N3O3S2. The van der Waals surface area contributed by atoms with Crippen LogP contribution in [0.25, 0.3) is 0 Å². The molecule has 1 aliphatic carbocycles. The molecule has 3 rings (SSSR count). The Balaban J connectivity index is 1.53. The fourth-order valence-corrected chi connectivity index (χ4v) is 5.14. The minimum absolute atomic E-state index is 0.0000411. The summed E-state index contributed by atoms with van der Waals surface area (Å²) in [5, 5.41) is 11.4. The van der Waals surface area contributed by atoms with Gasteiger partial charge in [0, 0.05) is 10.9 Å². The van der Waals surface area contributed by atoms with Gasteiger partial charge in [0.15, 0.2) is 0 Å². The van der Waals surface area contributed by atoms with Crippen LogP contribution in [0, 0.1) is 5.92 Å². The molecule has 0 spiro atoms. The van der Waals surface area contributed by atoms with Gasteiger partial charge in [-0.2, -0.15) is 0 Å². The zero-order valence-corrected chi connectivity index (χ0v) is 13.9. The van der Waals surface area contributed by atoms with Crippen molar-refractivity contribution >= 4 is 27.3 Å². The zero-order valence-electron chi connectivity index (χ0n) is 12.2. The van der Waals surface area contributed by atoms with Crippen molar-refractivity contribution in [1.29, 1.82) is 0 Å². The first-order valence-corrected chi connectivity index (χ1v) is 9.95. The number of nitrogens with two attached hydrogens (primary N) is 1. The van der Waals surface area contributed by atoms with Crippen molar-refractivity contribution in [2.24, 2.45) is 11.1 Å². The molecule has 2 aliphatic rings. The molecule has 1 aromatic rings. The molecule has 1 saturated heterocycles. The number of carbonyl (C=O) groups excluding carboxylic acids is 1. The van der Waals surface area contributed by atoms with Gasteiger partial charge in [-0.1, -0.05) is 12.8 Å². The number of fused-ring (bicyclic) bond motifs is 1. The third-order valence-electron chi connectivity index (χ3n) is 4.53. The Morgan fingerprint density at radius 1 is 1.36 bits per heavy atom. The van der Waals surface area contributed by atoms with Crippen molar-refractivity contribution in [2.75, 3.05) is 0 Å². The molecule has 3 unspecified atom stereocenters. The third-order valence-corrected chi connectivity index (χ3v) is 7.06. The molecule has 8 heteroatoms. The van der Waals surface area contributed by atoms with Gasteiger partial charge in [0.2, 0.25) is 15.9 Å². The van der Waals surface area contributed by atoms with Gasteiger partial charge in [0.1, 0.15) is 4.21 Å². The van der Waals surface area contributed by atoms with E-state index in [1.807, 2.05) is 0 Å². The second kappa shape index (κ2) is 6.27. The van der Waals surface area contributed by atoms with E-state index in [0.29, 0.717) is 18.5 Å². The van der Waals surface area contributed by atoms with Crippen molar-refractivity contribution in [3.63, 3.8) is 0 Å². The third kappa shape index (κ3) is 3.51. The molecule has 4 N–H and O–H groups in total. The first-order chi connectivity index (χ1) is 10.4. The minimum Gasteiger partial charge on any atom is -0.350 e. The Kier molecular flexibility index (Phi) is 4.54. The molecule has 0 aromatic carbocycles. The molecular weight excluding hydrogens is 322 g/mol. The Morgan fingerprint density at radius 2 is 2.14 bits per heavy atom. The normalized spacial score (nSPS) is 28.3. The zero-order chi connectivity index (χ0) is 15.7. The Morgan fingerprint density at radius 3 is 2.82 bits per heavy atom. The fraction of sp³-hybridized carbons (Fsp3) is 0.643. The number of hydrogen-bond donors (Lipinski definition) is 3. The monoisotopic (exact) mass is 343 g/mol. The highest BCUT2D eigenvalue weighted by Crippen LogP contribution is 2.33. The van der Waals surface area contributed by atoms with Crippen LogP contribution >= 0.6 is 11.3 Å². The van der Waals surface area contributed by atoms with Gasteiger partial charge >= 0.3 is 0 Å². The van der Waals surface area contributed by atoms with Gasteiger partial charge < -0.3 is 10.6 Å². The summed E-state index contributed by atoms with van der Waals surface area (Å²) in [5.74, 6) is 0.625. The average molecular weight is 343 g/mol. The number of rotatable bonds is 4. The molecule has 22 heavy (non-hydrogen) atoms. The lowest BCUT2D eigenvalue weighted by Gasteiger charge is -2.24. The molecule has 3 atom stereocenters. The van der Waals surface area contributed by atoms with E-state index in [4.69, 9.17) is 5.14 Å². The van der Waals surface area contributed by atoms with Crippen LogP contribution in [0.2, 0.25) is 0 Å². The van der Waals surface area contributed by atoms with E-state index in [1.165, 1.54) is 25.3 Å². The number of thiophene rings is 1. The second-order valence-electron chi connectivity index (χ2n) is 6.09. The summed E-state index contributed by atoms with van der Waals surface area (Å²) in [7, 11) is -3.66. The minimum atomic E-state index is -3.66. The highest BCUT2D eigenvalue weighted by molar-refractivity contribution is 7.91. The summed E-state index contributed by atoms with van der Waals surface area (Å²) >= 11 is 1.10. The van der Waals surface area contributed by atoms with Crippen molar-refractivity contribution in [3.8, 4) is 0 Å². The standard InChI is InChI=1S/C14H21N3O3S2/c15-22(19,20)13-6-5-10(21-13)8-16-14(18)12-7-9-3-1-2-4-11(9)17-12/h5-6,9,11-12,17H,1-4,7-8H2,(H,16,18)(H2,15,19,20). The number of amides is 1. The summed E-state index contributed by atoms with van der Waals surface area (Å²) in [6.07, 6.45) is 5.79. The van der Waals surface area contributed by atoms with E-state index >= 15 is 0 Å². The highest BCUT2D eigenvalue weighted by atomic mass is 32.2. The van der Waals surface area contributed by atoms with E-state index in [-0.39, 0.29) is 16.2 Å². The molecule has 0 bridgehead atoms. The Bertz CT molecular complexity index is 642. The quantitative estimate of drug-likeness (QED) is 0.757. The van der Waals surface area contributed by atoms with E-state index in [2.05, 4.69) is 10.6 Å². The molecule has 2 heterocycles. The lowest BCUT2D eigenvalue weighted by atomic mass is 9.85. The van der Waals surface area contributed by atoms with E-state index in [9.17, 15) is 13.2 Å². The van der Waals surface area contributed by atoms with Crippen molar-refractivity contribution < 1.29 is 13.2 Å². The molecule has 1 aromatic heterocycles. The molecule has 2 fully saturated rings. The van der Waals surface area contributed by atoms with Crippen LogP contribution in [0.3, 0.4) is 0 Å². The Labute approximate surface area is 134 Å². The Hall–Kier alpha value is -0.960. The predicted octanol–water partition coefficient (Wildman–Crippen LogP) is 0.932. The number of nitrogens with one attached hydrogen (secondary N) is 2. The smallest absolute Gasteiger partial charge is 0.247 e. The lowest BCUT2D eigenvalue weighted by molar-refractivity contribution is -0.123. The predicted molar refractivity (Wildman–Crippen MR) is 84.8 cm³/mol. The van der Waals surface area contributed by atoms with Crippen molar-refractivity contribution in [2.45, 2.75) is 54.9 Å². The maximum absolute atomic E-state index is 12.3. The maximum atomic E-state index is 12.3. The first kappa shape index (κ1) is 15.9. The van der Waals surface area contributed by atoms with Crippen molar-refractivity contribution in [3.05, 3.63) is 17.0 Å². The van der Waals surface area contributed by atoms with Crippen LogP contribution in [0.4, 0.5) is 0 Å². The van der Waals surface area contributed by atoms with Crippen LogP contribution in [-0.2, 0) is 21.4 Å². The van der Waals surface area contributed by atoms with Crippen LogP contribution < -0.4 is 15.8 Å². The molecule has 122 valence electrons. The van der Waals surface area contributed by atoms with Gasteiger partial charge in [-0.15, -0.1) is 11.3 Å². The molecule has 0 radical (unpaired) electrons. The van der Waals surface area contributed by atoms with Gasteiger partial charge in [-0.25, -0.2) is 13.6 Å². The topological polar surface area (TPSA) is 101 Å². The summed E-state index contributed by atoms with van der Waals surface area (Å²) in [4.78, 5) is 13.0. The van der Waals surface area contributed by atoms with Gasteiger partial charge in [0.25, 0.3) is 0 Å².